The number of ether oxygens (including phenoxy) is 1. The number of hydrogen-bond acceptors (Lipinski definition) is 5. The predicted octanol–water partition coefficient (Wildman–Crippen LogP) is 4.77. The highest BCUT2D eigenvalue weighted by Crippen LogP contribution is 2.41. The minimum absolute atomic E-state index is 0.0904. The summed E-state index contributed by atoms with van der Waals surface area (Å²) in [6, 6.07) is 22.0. The molecule has 0 N–H and O–H groups in total. The molecule has 5 rings (SSSR count). The number of carbonyl (C=O) groups is 2. The molecule has 1 saturated heterocycles. The fraction of sp³-hybridized carbons (Fsp3) is 0.310. The maximum absolute atomic E-state index is 13.8. The molecule has 3 atom stereocenters. The van der Waals surface area contributed by atoms with Crippen LogP contribution in [0.5, 0.6) is 0 Å². The molecule has 1 fully saturated rings. The predicted molar refractivity (Wildman–Crippen MR) is 143 cm³/mol. The second kappa shape index (κ2) is 9.76. The molecule has 2 aliphatic heterocycles. The van der Waals surface area contributed by atoms with E-state index in [1.165, 1.54) is 13.2 Å². The van der Waals surface area contributed by atoms with E-state index in [1.807, 2.05) is 55.5 Å². The van der Waals surface area contributed by atoms with E-state index in [0.29, 0.717) is 24.3 Å². The van der Waals surface area contributed by atoms with Crippen LogP contribution in [0.25, 0.3) is 11.1 Å². The summed E-state index contributed by atoms with van der Waals surface area (Å²) in [5.74, 6) is -0.202. The van der Waals surface area contributed by atoms with Crippen LogP contribution < -0.4 is 9.80 Å². The van der Waals surface area contributed by atoms with Crippen LogP contribution in [0.1, 0.15) is 38.4 Å². The monoisotopic (exact) mass is 518 g/mol. The number of sulfone groups is 1. The molecule has 0 aliphatic carbocycles. The first-order chi connectivity index (χ1) is 17.6. The molecule has 0 radical (unpaired) electrons. The molecule has 2 aliphatic rings. The van der Waals surface area contributed by atoms with Gasteiger partial charge in [0, 0.05) is 19.7 Å². The molecular formula is C29H30N2O5S. The van der Waals surface area contributed by atoms with E-state index in [9.17, 15) is 18.0 Å². The fourth-order valence-electron chi connectivity index (χ4n) is 5.29. The molecule has 8 heteroatoms. The number of nitrogens with zero attached hydrogens (tertiary/aromatic N) is 2. The van der Waals surface area contributed by atoms with Crippen LogP contribution in [-0.4, -0.2) is 45.2 Å². The van der Waals surface area contributed by atoms with Crippen molar-refractivity contribution < 1.29 is 22.7 Å². The van der Waals surface area contributed by atoms with Gasteiger partial charge in [0.25, 0.3) is 5.91 Å². The normalized spacial score (nSPS) is 21.5. The molecule has 3 aromatic rings. The highest BCUT2D eigenvalue weighted by atomic mass is 32.2. The van der Waals surface area contributed by atoms with E-state index in [0.717, 1.165) is 23.1 Å². The molecular weight excluding hydrogens is 488 g/mol. The second-order valence-electron chi connectivity index (χ2n) is 9.79. The van der Waals surface area contributed by atoms with Crippen LogP contribution in [-0.2, 0) is 24.2 Å². The highest BCUT2D eigenvalue weighted by molar-refractivity contribution is 7.90. The summed E-state index contributed by atoms with van der Waals surface area (Å²) in [4.78, 5) is 30.0. The third-order valence-corrected chi connectivity index (χ3v) is 8.23. The third kappa shape index (κ3) is 4.91. The molecule has 37 heavy (non-hydrogen) atoms. The summed E-state index contributed by atoms with van der Waals surface area (Å²) in [5.41, 5.74) is 4.03. The van der Waals surface area contributed by atoms with E-state index in [2.05, 4.69) is 0 Å². The Balaban J connectivity index is 1.49. The number of carbonyl (C=O) groups excluding carboxylic acids is 2. The molecule has 7 nitrogen and oxygen atoms in total. The Morgan fingerprint density at radius 1 is 0.892 bits per heavy atom. The van der Waals surface area contributed by atoms with Crippen molar-refractivity contribution >= 4 is 33.0 Å². The smallest absolute Gasteiger partial charge is 0.256 e. The summed E-state index contributed by atoms with van der Waals surface area (Å²) in [6.07, 6.45) is 1.89. The van der Waals surface area contributed by atoms with Crippen LogP contribution in [0.3, 0.4) is 0 Å². The Kier molecular flexibility index (Phi) is 6.64. The quantitative estimate of drug-likeness (QED) is 0.497. The summed E-state index contributed by atoms with van der Waals surface area (Å²) < 4.78 is 30.0. The van der Waals surface area contributed by atoms with Gasteiger partial charge in [-0.2, -0.15) is 0 Å². The number of fused-ring (bicyclic) bond motifs is 1. The zero-order chi connectivity index (χ0) is 26.3. The zero-order valence-corrected chi connectivity index (χ0v) is 21.9. The van der Waals surface area contributed by atoms with Crippen molar-refractivity contribution in [2.75, 3.05) is 22.6 Å². The maximum Gasteiger partial charge on any atom is 0.256 e. The Morgan fingerprint density at radius 3 is 2.22 bits per heavy atom. The summed E-state index contributed by atoms with van der Waals surface area (Å²) in [7, 11) is -3.30. The van der Waals surface area contributed by atoms with Gasteiger partial charge in [0.15, 0.2) is 9.84 Å². The van der Waals surface area contributed by atoms with Crippen LogP contribution in [0.2, 0.25) is 0 Å². The van der Waals surface area contributed by atoms with Crippen molar-refractivity contribution in [3.63, 3.8) is 0 Å². The average molecular weight is 519 g/mol. The zero-order valence-electron chi connectivity index (χ0n) is 21.1. The van der Waals surface area contributed by atoms with Crippen molar-refractivity contribution in [3.05, 3.63) is 78.4 Å². The minimum atomic E-state index is -3.30. The van der Waals surface area contributed by atoms with Crippen molar-refractivity contribution in [3.8, 4) is 11.1 Å². The van der Waals surface area contributed by atoms with E-state index in [1.54, 1.807) is 34.1 Å². The lowest BCUT2D eigenvalue weighted by Gasteiger charge is -2.41. The van der Waals surface area contributed by atoms with Gasteiger partial charge >= 0.3 is 0 Å². The molecule has 192 valence electrons. The molecule has 2 amide bonds. The summed E-state index contributed by atoms with van der Waals surface area (Å²) in [5, 5.41) is 0. The SMILES string of the molecule is CC(=O)N1c2ccc(-c3ccc(S(C)(=O)=O)cc3)cc2N(C(=O)C2CCC(c3ccccc3)O2)C[C@@H]1C. The highest BCUT2D eigenvalue weighted by Gasteiger charge is 2.39. The molecule has 0 aromatic heterocycles. The van der Waals surface area contributed by atoms with Crippen molar-refractivity contribution in [1.82, 2.24) is 0 Å². The first-order valence-electron chi connectivity index (χ1n) is 12.4. The largest absolute Gasteiger partial charge is 0.360 e. The standard InChI is InChI=1S/C29H30N2O5S/c1-19-18-30(29(33)28-16-15-27(36-28)22-7-5-4-6-8-22)26-17-23(11-14-25(26)31(19)20(2)32)21-9-12-24(13-10-21)37(3,34)35/h4-14,17,19,27-28H,15-16,18H2,1-3H3/t19-,27?,28?/m0/s1. The molecule has 2 unspecified atom stereocenters. The molecule has 3 aromatic carbocycles. The van der Waals surface area contributed by atoms with Crippen LogP contribution in [0, 0.1) is 0 Å². The van der Waals surface area contributed by atoms with Gasteiger partial charge in [-0.1, -0.05) is 48.5 Å². The van der Waals surface area contributed by atoms with Crippen LogP contribution >= 0.6 is 0 Å². The van der Waals surface area contributed by atoms with E-state index in [4.69, 9.17) is 4.74 Å². The third-order valence-electron chi connectivity index (χ3n) is 7.10. The molecule has 0 spiro atoms. The lowest BCUT2D eigenvalue weighted by Crippen LogP contribution is -2.53. The fourth-order valence-corrected chi connectivity index (χ4v) is 5.92. The lowest BCUT2D eigenvalue weighted by atomic mass is 10.00. The Labute approximate surface area is 217 Å². The number of hydrogen-bond donors (Lipinski definition) is 0. The topological polar surface area (TPSA) is 84.0 Å². The van der Waals surface area contributed by atoms with Crippen LogP contribution in [0.4, 0.5) is 11.4 Å². The second-order valence-corrected chi connectivity index (χ2v) is 11.8. The van der Waals surface area contributed by atoms with Crippen molar-refractivity contribution in [2.45, 2.75) is 49.8 Å². The number of amides is 2. The number of benzene rings is 3. The van der Waals surface area contributed by atoms with Gasteiger partial charge in [-0.15, -0.1) is 0 Å². The van der Waals surface area contributed by atoms with Gasteiger partial charge in [-0.25, -0.2) is 8.42 Å². The Hall–Kier alpha value is -3.49. The summed E-state index contributed by atoms with van der Waals surface area (Å²) in [6.45, 7) is 3.82. The molecule has 2 heterocycles. The maximum atomic E-state index is 13.8. The number of rotatable bonds is 4. The van der Waals surface area contributed by atoms with Crippen molar-refractivity contribution in [2.24, 2.45) is 0 Å². The lowest BCUT2D eigenvalue weighted by molar-refractivity contribution is -0.129. The van der Waals surface area contributed by atoms with E-state index in [-0.39, 0.29) is 28.9 Å². The van der Waals surface area contributed by atoms with Gasteiger partial charge in [0.1, 0.15) is 6.10 Å². The molecule has 0 bridgehead atoms. The number of anilines is 2. The van der Waals surface area contributed by atoms with Gasteiger partial charge in [-0.05, 0) is 60.7 Å². The Morgan fingerprint density at radius 2 is 1.57 bits per heavy atom. The summed E-state index contributed by atoms with van der Waals surface area (Å²) >= 11 is 0. The Bertz CT molecular complexity index is 1440. The first-order valence-corrected chi connectivity index (χ1v) is 14.3. The van der Waals surface area contributed by atoms with E-state index < -0.39 is 15.9 Å². The van der Waals surface area contributed by atoms with Gasteiger partial charge < -0.3 is 14.5 Å². The van der Waals surface area contributed by atoms with Crippen LogP contribution in [0.15, 0.2) is 77.7 Å². The van der Waals surface area contributed by atoms with Crippen molar-refractivity contribution in [1.29, 1.82) is 0 Å². The van der Waals surface area contributed by atoms with Gasteiger partial charge in [0.05, 0.1) is 28.4 Å². The average Bonchev–Trinajstić information content (AvgIpc) is 3.38. The minimum Gasteiger partial charge on any atom is -0.360 e. The molecule has 0 saturated carbocycles. The first kappa shape index (κ1) is 25.2. The van der Waals surface area contributed by atoms with Gasteiger partial charge in [-0.3, -0.25) is 9.59 Å². The van der Waals surface area contributed by atoms with E-state index >= 15 is 0 Å². The van der Waals surface area contributed by atoms with Gasteiger partial charge in [0.2, 0.25) is 5.91 Å².